The van der Waals surface area contributed by atoms with Gasteiger partial charge in [-0.1, -0.05) is 24.3 Å². The Bertz CT molecular complexity index is 1040. The number of nitro groups is 1. The smallest absolute Gasteiger partial charge is 0.418 e. The van der Waals surface area contributed by atoms with Crippen LogP contribution < -0.4 is 10.2 Å². The standard InChI is InChI=1S/C22H22F3N3O5/c1-14(20(29)26-17-7-3-2-6-16(17)22(23,24)25)33-21(30)15-10-12-27(13-11-15)18-8-4-5-9-19(18)28(31)32/h2-9,14-15H,10-13H2,1H3,(H,26,29). The molecule has 1 atom stereocenters. The molecule has 2 aromatic carbocycles. The van der Waals surface area contributed by atoms with Crippen LogP contribution in [-0.2, 0) is 20.5 Å². The summed E-state index contributed by atoms with van der Waals surface area (Å²) in [4.78, 5) is 37.4. The molecule has 0 saturated carbocycles. The predicted molar refractivity (Wildman–Crippen MR) is 114 cm³/mol. The number of ether oxygens (including phenoxy) is 1. The highest BCUT2D eigenvalue weighted by Crippen LogP contribution is 2.35. The molecule has 1 amide bonds. The van der Waals surface area contributed by atoms with E-state index >= 15 is 0 Å². The van der Waals surface area contributed by atoms with Crippen LogP contribution in [0.5, 0.6) is 0 Å². The summed E-state index contributed by atoms with van der Waals surface area (Å²) in [6.07, 6.45) is -5.23. The molecule has 1 aliphatic rings. The Balaban J connectivity index is 1.56. The van der Waals surface area contributed by atoms with Gasteiger partial charge in [0.25, 0.3) is 11.6 Å². The highest BCUT2D eigenvalue weighted by Gasteiger charge is 2.35. The molecule has 176 valence electrons. The van der Waals surface area contributed by atoms with Crippen molar-refractivity contribution in [3.63, 3.8) is 0 Å². The average Bonchev–Trinajstić information content (AvgIpc) is 2.78. The van der Waals surface area contributed by atoms with Crippen LogP contribution in [0.25, 0.3) is 0 Å². The summed E-state index contributed by atoms with van der Waals surface area (Å²) in [6, 6.07) is 10.8. The number of nitrogens with zero attached hydrogens (tertiary/aromatic N) is 2. The Labute approximate surface area is 187 Å². The van der Waals surface area contributed by atoms with Crippen molar-refractivity contribution in [2.24, 2.45) is 5.92 Å². The number of anilines is 2. The van der Waals surface area contributed by atoms with E-state index in [1.807, 2.05) is 4.90 Å². The molecule has 1 saturated heterocycles. The van der Waals surface area contributed by atoms with Crippen molar-refractivity contribution in [2.75, 3.05) is 23.3 Å². The lowest BCUT2D eigenvalue weighted by Gasteiger charge is -2.32. The number of nitrogens with one attached hydrogen (secondary N) is 1. The highest BCUT2D eigenvalue weighted by atomic mass is 19.4. The van der Waals surface area contributed by atoms with Crippen molar-refractivity contribution in [3.8, 4) is 0 Å². The van der Waals surface area contributed by atoms with Crippen molar-refractivity contribution < 1.29 is 32.4 Å². The van der Waals surface area contributed by atoms with E-state index in [2.05, 4.69) is 5.32 Å². The van der Waals surface area contributed by atoms with Gasteiger partial charge in [-0.2, -0.15) is 13.2 Å². The zero-order valence-electron chi connectivity index (χ0n) is 17.7. The van der Waals surface area contributed by atoms with E-state index in [9.17, 15) is 32.9 Å². The van der Waals surface area contributed by atoms with E-state index in [1.165, 1.54) is 25.1 Å². The number of amides is 1. The maximum absolute atomic E-state index is 13.1. The van der Waals surface area contributed by atoms with Crippen molar-refractivity contribution in [1.82, 2.24) is 0 Å². The minimum atomic E-state index is -4.65. The predicted octanol–water partition coefficient (Wildman–Crippen LogP) is 4.40. The molecule has 1 fully saturated rings. The molecule has 11 heteroatoms. The van der Waals surface area contributed by atoms with Gasteiger partial charge in [0.15, 0.2) is 6.10 Å². The summed E-state index contributed by atoms with van der Waals surface area (Å²) in [6.45, 7) is 2.04. The van der Waals surface area contributed by atoms with Gasteiger partial charge in [0, 0.05) is 19.2 Å². The first-order chi connectivity index (χ1) is 15.6. The molecule has 0 aliphatic carbocycles. The number of hydrogen-bond donors (Lipinski definition) is 1. The third-order valence-corrected chi connectivity index (χ3v) is 5.40. The van der Waals surface area contributed by atoms with Crippen molar-refractivity contribution >= 4 is 28.9 Å². The van der Waals surface area contributed by atoms with E-state index in [1.54, 1.807) is 18.2 Å². The lowest BCUT2D eigenvalue weighted by atomic mass is 9.96. The van der Waals surface area contributed by atoms with Crippen LogP contribution in [0.3, 0.4) is 0 Å². The van der Waals surface area contributed by atoms with Crippen molar-refractivity contribution in [1.29, 1.82) is 0 Å². The number of para-hydroxylation sites is 3. The highest BCUT2D eigenvalue weighted by molar-refractivity contribution is 5.95. The normalized spacial score (nSPS) is 15.6. The molecule has 0 radical (unpaired) electrons. The van der Waals surface area contributed by atoms with E-state index in [0.29, 0.717) is 31.6 Å². The number of halogens is 3. The number of carbonyl (C=O) groups excluding carboxylic acids is 2. The molecule has 3 rings (SSSR count). The zero-order chi connectivity index (χ0) is 24.2. The maximum atomic E-state index is 13.1. The molecule has 1 N–H and O–H groups in total. The number of hydrogen-bond acceptors (Lipinski definition) is 6. The van der Waals surface area contributed by atoms with Crippen LogP contribution in [0.2, 0.25) is 0 Å². The van der Waals surface area contributed by atoms with Crippen LogP contribution in [0.1, 0.15) is 25.3 Å². The summed E-state index contributed by atoms with van der Waals surface area (Å²) in [5, 5.41) is 13.4. The number of nitro benzene ring substituents is 1. The Morgan fingerprint density at radius 2 is 1.73 bits per heavy atom. The van der Waals surface area contributed by atoms with E-state index in [4.69, 9.17) is 4.74 Å². The fourth-order valence-electron chi connectivity index (χ4n) is 3.64. The monoisotopic (exact) mass is 465 g/mol. The van der Waals surface area contributed by atoms with E-state index in [-0.39, 0.29) is 5.69 Å². The quantitative estimate of drug-likeness (QED) is 0.386. The Morgan fingerprint density at radius 1 is 1.12 bits per heavy atom. The van der Waals surface area contributed by atoms with Gasteiger partial charge in [-0.25, -0.2) is 0 Å². The molecule has 1 unspecified atom stereocenters. The van der Waals surface area contributed by atoms with Crippen molar-refractivity contribution in [3.05, 3.63) is 64.2 Å². The molecule has 1 aliphatic heterocycles. The Hall–Kier alpha value is -3.63. The summed E-state index contributed by atoms with van der Waals surface area (Å²) in [5.41, 5.74) is -0.983. The number of carbonyl (C=O) groups is 2. The zero-order valence-corrected chi connectivity index (χ0v) is 17.7. The topological polar surface area (TPSA) is 102 Å². The fraction of sp³-hybridized carbons (Fsp3) is 0.364. The summed E-state index contributed by atoms with van der Waals surface area (Å²) >= 11 is 0. The fourth-order valence-corrected chi connectivity index (χ4v) is 3.64. The SMILES string of the molecule is CC(OC(=O)C1CCN(c2ccccc2[N+](=O)[O-])CC1)C(=O)Nc1ccccc1C(F)(F)F. The van der Waals surface area contributed by atoms with Gasteiger partial charge in [0.2, 0.25) is 0 Å². The van der Waals surface area contributed by atoms with Gasteiger partial charge in [-0.15, -0.1) is 0 Å². The van der Waals surface area contributed by atoms with Crippen LogP contribution >= 0.6 is 0 Å². The second-order valence-corrected chi connectivity index (χ2v) is 7.62. The summed E-state index contributed by atoms with van der Waals surface area (Å²) < 4.78 is 44.5. The maximum Gasteiger partial charge on any atom is 0.418 e. The van der Waals surface area contributed by atoms with Crippen LogP contribution in [0.15, 0.2) is 48.5 Å². The van der Waals surface area contributed by atoms with Gasteiger partial charge >= 0.3 is 12.1 Å². The first-order valence-electron chi connectivity index (χ1n) is 10.2. The van der Waals surface area contributed by atoms with Crippen LogP contribution in [0.4, 0.5) is 30.2 Å². The van der Waals surface area contributed by atoms with Gasteiger partial charge in [0.1, 0.15) is 5.69 Å². The molecular weight excluding hydrogens is 443 g/mol. The number of rotatable bonds is 6. The second-order valence-electron chi connectivity index (χ2n) is 7.62. The second kappa shape index (κ2) is 9.88. The minimum absolute atomic E-state index is 0.0250. The number of esters is 1. The molecule has 0 spiro atoms. The van der Waals surface area contributed by atoms with Gasteiger partial charge in [-0.05, 0) is 38.0 Å². The number of piperidine rings is 1. The molecule has 33 heavy (non-hydrogen) atoms. The first kappa shape index (κ1) is 24.0. The van der Waals surface area contributed by atoms with E-state index < -0.39 is 46.2 Å². The molecule has 0 aromatic heterocycles. The third-order valence-electron chi connectivity index (χ3n) is 5.40. The summed E-state index contributed by atoms with van der Waals surface area (Å²) in [5.74, 6) is -2.04. The molecular formula is C22H22F3N3O5. The Kier molecular flexibility index (Phi) is 7.19. The first-order valence-corrected chi connectivity index (χ1v) is 10.2. The van der Waals surface area contributed by atoms with Crippen molar-refractivity contribution in [2.45, 2.75) is 32.0 Å². The number of benzene rings is 2. The number of alkyl halides is 3. The van der Waals surface area contributed by atoms with Crippen LogP contribution in [0, 0.1) is 16.0 Å². The lowest BCUT2D eigenvalue weighted by molar-refractivity contribution is -0.384. The molecule has 1 heterocycles. The summed E-state index contributed by atoms with van der Waals surface area (Å²) in [7, 11) is 0. The van der Waals surface area contributed by atoms with Gasteiger partial charge in [0.05, 0.1) is 22.1 Å². The molecule has 0 bridgehead atoms. The largest absolute Gasteiger partial charge is 0.452 e. The van der Waals surface area contributed by atoms with Gasteiger partial charge < -0.3 is 15.0 Å². The Morgan fingerprint density at radius 3 is 2.36 bits per heavy atom. The van der Waals surface area contributed by atoms with E-state index in [0.717, 1.165) is 12.1 Å². The lowest BCUT2D eigenvalue weighted by Crippen LogP contribution is -2.39. The third kappa shape index (κ3) is 5.79. The molecule has 2 aromatic rings. The average molecular weight is 465 g/mol. The van der Waals surface area contributed by atoms with Gasteiger partial charge in [-0.3, -0.25) is 19.7 Å². The minimum Gasteiger partial charge on any atom is -0.452 e. The molecule has 8 nitrogen and oxygen atoms in total. The van der Waals surface area contributed by atoms with Crippen LogP contribution in [-0.4, -0.2) is 36.0 Å².